The molecule has 1 atom stereocenters. The summed E-state index contributed by atoms with van der Waals surface area (Å²) in [6, 6.07) is 7.64. The third-order valence-electron chi connectivity index (χ3n) is 5.14. The Morgan fingerprint density at radius 1 is 1.45 bits per heavy atom. The predicted molar refractivity (Wildman–Crippen MR) is 125 cm³/mol. The van der Waals surface area contributed by atoms with Crippen LogP contribution in [0.3, 0.4) is 0 Å². The molecule has 0 aliphatic carbocycles. The molecule has 0 spiro atoms. The Balaban J connectivity index is 1.76. The van der Waals surface area contributed by atoms with E-state index in [9.17, 15) is 9.59 Å². The summed E-state index contributed by atoms with van der Waals surface area (Å²) < 4.78 is 12.6. The molecular formula is C22H23ClN2O4S2. The average Bonchev–Trinajstić information content (AvgIpc) is 3.37. The zero-order chi connectivity index (χ0) is 22.0. The van der Waals surface area contributed by atoms with Crippen LogP contribution in [-0.4, -0.2) is 34.8 Å². The summed E-state index contributed by atoms with van der Waals surface area (Å²) in [5, 5.41) is 1.77. The van der Waals surface area contributed by atoms with Crippen molar-refractivity contribution in [2.75, 3.05) is 13.2 Å². The number of hydrogen-bond acceptors (Lipinski definition) is 7. The second kappa shape index (κ2) is 9.73. The summed E-state index contributed by atoms with van der Waals surface area (Å²) in [5.41, 5.74) is 1.53. The lowest BCUT2D eigenvalue weighted by Gasteiger charge is -2.16. The number of hydrogen-bond donors (Lipinski definition) is 0. The Morgan fingerprint density at radius 3 is 3.00 bits per heavy atom. The van der Waals surface area contributed by atoms with Gasteiger partial charge in [0.15, 0.2) is 5.16 Å². The number of rotatable bonds is 7. The molecule has 0 amide bonds. The number of thioether (sulfide) groups is 1. The molecule has 0 bridgehead atoms. The highest BCUT2D eigenvalue weighted by molar-refractivity contribution is 7.98. The summed E-state index contributed by atoms with van der Waals surface area (Å²) in [6.45, 7) is 4.99. The van der Waals surface area contributed by atoms with Crippen molar-refractivity contribution in [2.45, 2.75) is 50.2 Å². The average molecular weight is 479 g/mol. The quantitative estimate of drug-likeness (QED) is 0.268. The van der Waals surface area contributed by atoms with Crippen molar-refractivity contribution in [3.8, 4) is 0 Å². The molecular weight excluding hydrogens is 456 g/mol. The molecule has 9 heteroatoms. The molecule has 0 N–H and O–H groups in total. The molecule has 3 heterocycles. The molecule has 0 radical (unpaired) electrons. The number of thiophene rings is 1. The Bertz CT molecular complexity index is 1170. The SMILES string of the molecule is CCOC(=O)c1sc2nc(SCc3cccc(Cl)c3)n(C[C@@H]3CCCO3)c(=O)c2c1C. The van der Waals surface area contributed by atoms with E-state index in [0.29, 0.717) is 49.7 Å². The van der Waals surface area contributed by atoms with E-state index in [1.54, 1.807) is 18.4 Å². The first-order chi connectivity index (χ1) is 15.0. The number of halogens is 1. The molecule has 31 heavy (non-hydrogen) atoms. The third kappa shape index (κ3) is 4.82. The topological polar surface area (TPSA) is 70.4 Å². The predicted octanol–water partition coefficient (Wildman–Crippen LogP) is 5.07. The van der Waals surface area contributed by atoms with Crippen LogP contribution in [0.15, 0.2) is 34.2 Å². The van der Waals surface area contributed by atoms with Crippen molar-refractivity contribution in [1.29, 1.82) is 0 Å². The summed E-state index contributed by atoms with van der Waals surface area (Å²) in [5.74, 6) is 0.209. The molecule has 3 aromatic rings. The van der Waals surface area contributed by atoms with Gasteiger partial charge in [0.25, 0.3) is 5.56 Å². The first-order valence-corrected chi connectivity index (χ1v) is 12.4. The number of aromatic nitrogens is 2. The van der Waals surface area contributed by atoms with Crippen LogP contribution in [0.4, 0.5) is 0 Å². The van der Waals surface area contributed by atoms with Gasteiger partial charge >= 0.3 is 5.97 Å². The highest BCUT2D eigenvalue weighted by Gasteiger charge is 2.25. The molecule has 1 aromatic carbocycles. The third-order valence-corrected chi connectivity index (χ3v) is 7.59. The fourth-order valence-corrected chi connectivity index (χ4v) is 5.91. The zero-order valence-corrected chi connectivity index (χ0v) is 19.7. The van der Waals surface area contributed by atoms with Gasteiger partial charge in [-0.15, -0.1) is 11.3 Å². The Morgan fingerprint density at radius 2 is 2.29 bits per heavy atom. The van der Waals surface area contributed by atoms with Crippen LogP contribution in [0.5, 0.6) is 0 Å². The fraction of sp³-hybridized carbons (Fsp3) is 0.409. The minimum Gasteiger partial charge on any atom is -0.462 e. The zero-order valence-electron chi connectivity index (χ0n) is 17.4. The fourth-order valence-electron chi connectivity index (χ4n) is 3.63. The van der Waals surface area contributed by atoms with Crippen LogP contribution in [0.2, 0.25) is 5.02 Å². The van der Waals surface area contributed by atoms with Crippen LogP contribution < -0.4 is 5.56 Å². The number of carbonyl (C=O) groups is 1. The van der Waals surface area contributed by atoms with Crippen LogP contribution in [0.25, 0.3) is 10.2 Å². The van der Waals surface area contributed by atoms with Gasteiger partial charge in [0.1, 0.15) is 9.71 Å². The normalized spacial score (nSPS) is 16.2. The monoisotopic (exact) mass is 478 g/mol. The van der Waals surface area contributed by atoms with Gasteiger partial charge in [0.2, 0.25) is 0 Å². The second-order valence-corrected chi connectivity index (χ2v) is 9.70. The van der Waals surface area contributed by atoms with Gasteiger partial charge in [-0.2, -0.15) is 0 Å². The van der Waals surface area contributed by atoms with E-state index in [4.69, 9.17) is 26.1 Å². The molecule has 0 unspecified atom stereocenters. The first kappa shape index (κ1) is 22.3. The van der Waals surface area contributed by atoms with Crippen LogP contribution in [-0.2, 0) is 21.8 Å². The lowest BCUT2D eigenvalue weighted by atomic mass is 10.2. The summed E-state index contributed by atoms with van der Waals surface area (Å²) >= 11 is 8.81. The number of carbonyl (C=O) groups excluding carboxylic acids is 1. The Hall–Kier alpha value is -1.87. The summed E-state index contributed by atoms with van der Waals surface area (Å²) in [7, 11) is 0. The van der Waals surface area contributed by atoms with Crippen molar-refractivity contribution in [2.24, 2.45) is 0 Å². The molecule has 0 saturated carbocycles. The van der Waals surface area contributed by atoms with Gasteiger partial charge in [-0.3, -0.25) is 9.36 Å². The van der Waals surface area contributed by atoms with Gasteiger partial charge in [-0.05, 0) is 49.9 Å². The molecule has 1 aliphatic rings. The van der Waals surface area contributed by atoms with Crippen LogP contribution >= 0.6 is 34.7 Å². The van der Waals surface area contributed by atoms with Crippen molar-refractivity contribution < 1.29 is 14.3 Å². The van der Waals surface area contributed by atoms with Gasteiger partial charge in [-0.25, -0.2) is 9.78 Å². The van der Waals surface area contributed by atoms with E-state index >= 15 is 0 Å². The van der Waals surface area contributed by atoms with E-state index in [1.807, 2.05) is 24.3 Å². The largest absolute Gasteiger partial charge is 0.462 e. The standard InChI is InChI=1S/C22H23ClN2O4S2/c1-3-28-21(27)18-13(2)17-19(31-18)24-22(30-12-14-6-4-7-15(23)10-14)25(20(17)26)11-16-8-5-9-29-16/h4,6-7,10,16H,3,5,8-9,11-12H2,1-2H3/t16-/m0/s1. The Labute approximate surface area is 193 Å². The van der Waals surface area contributed by atoms with Crippen molar-refractivity contribution in [3.63, 3.8) is 0 Å². The minimum absolute atomic E-state index is 0.00839. The second-order valence-electron chi connectivity index (χ2n) is 7.32. The number of benzene rings is 1. The molecule has 164 valence electrons. The highest BCUT2D eigenvalue weighted by Crippen LogP contribution is 2.31. The van der Waals surface area contributed by atoms with E-state index in [-0.39, 0.29) is 18.3 Å². The summed E-state index contributed by atoms with van der Waals surface area (Å²) in [4.78, 5) is 31.6. The molecule has 6 nitrogen and oxygen atoms in total. The lowest BCUT2D eigenvalue weighted by Crippen LogP contribution is -2.28. The summed E-state index contributed by atoms with van der Waals surface area (Å²) in [6.07, 6.45) is 1.90. The van der Waals surface area contributed by atoms with E-state index in [0.717, 1.165) is 18.4 Å². The van der Waals surface area contributed by atoms with Gasteiger partial charge in [-0.1, -0.05) is 35.5 Å². The minimum atomic E-state index is -0.416. The van der Waals surface area contributed by atoms with E-state index in [2.05, 4.69) is 0 Å². The van der Waals surface area contributed by atoms with Gasteiger partial charge in [0.05, 0.1) is 24.6 Å². The molecule has 1 fully saturated rings. The lowest BCUT2D eigenvalue weighted by molar-refractivity contribution is 0.0531. The van der Waals surface area contributed by atoms with E-state index in [1.165, 1.54) is 23.1 Å². The highest BCUT2D eigenvalue weighted by atomic mass is 35.5. The van der Waals surface area contributed by atoms with Gasteiger partial charge in [0, 0.05) is 17.4 Å². The van der Waals surface area contributed by atoms with E-state index < -0.39 is 5.97 Å². The number of aryl methyl sites for hydroxylation is 1. The molecule has 4 rings (SSSR count). The van der Waals surface area contributed by atoms with Crippen molar-refractivity contribution >= 4 is 50.9 Å². The first-order valence-electron chi connectivity index (χ1n) is 10.2. The molecule has 1 aliphatic heterocycles. The van der Waals surface area contributed by atoms with Crippen LogP contribution in [0, 0.1) is 6.92 Å². The number of fused-ring (bicyclic) bond motifs is 1. The molecule has 1 saturated heterocycles. The number of nitrogens with zero attached hydrogens (tertiary/aromatic N) is 2. The van der Waals surface area contributed by atoms with Crippen molar-refractivity contribution in [1.82, 2.24) is 9.55 Å². The molecule has 2 aromatic heterocycles. The maximum atomic E-state index is 13.5. The number of ether oxygens (including phenoxy) is 2. The van der Waals surface area contributed by atoms with Gasteiger partial charge < -0.3 is 9.47 Å². The van der Waals surface area contributed by atoms with Crippen molar-refractivity contribution in [3.05, 3.63) is 55.6 Å². The maximum Gasteiger partial charge on any atom is 0.348 e. The number of esters is 1. The smallest absolute Gasteiger partial charge is 0.348 e. The maximum absolute atomic E-state index is 13.5. The Kier molecular flexibility index (Phi) is 7.01. The van der Waals surface area contributed by atoms with Crippen LogP contribution in [0.1, 0.15) is 40.6 Å².